The zero-order valence-corrected chi connectivity index (χ0v) is 13.8. The Morgan fingerprint density at radius 3 is 2.83 bits per heavy atom. The van der Waals surface area contributed by atoms with E-state index in [9.17, 15) is 9.90 Å². The smallest absolute Gasteiger partial charge is 0.320 e. The molecule has 24 heavy (non-hydrogen) atoms. The van der Waals surface area contributed by atoms with Crippen molar-refractivity contribution in [1.29, 1.82) is 0 Å². The summed E-state index contributed by atoms with van der Waals surface area (Å²) in [7, 11) is 0. The van der Waals surface area contributed by atoms with Crippen molar-refractivity contribution in [1.82, 2.24) is 20.1 Å². The Morgan fingerprint density at radius 1 is 1.38 bits per heavy atom. The van der Waals surface area contributed by atoms with E-state index in [0.717, 1.165) is 37.1 Å². The molecule has 1 saturated carbocycles. The van der Waals surface area contributed by atoms with E-state index in [2.05, 4.69) is 20.7 Å². The molecule has 128 valence electrons. The SMILES string of the molecule is Cc1cc(NC(=O)NC2(CO)CCCC2)n(Cc2ccccn2)n1. The zero-order valence-electron chi connectivity index (χ0n) is 13.8. The molecule has 0 unspecified atom stereocenters. The van der Waals surface area contributed by atoms with Gasteiger partial charge in [0.1, 0.15) is 5.82 Å². The molecule has 7 nitrogen and oxygen atoms in total. The first-order valence-electron chi connectivity index (χ1n) is 8.25. The normalized spacial score (nSPS) is 16.1. The minimum absolute atomic E-state index is 0.0351. The van der Waals surface area contributed by atoms with Gasteiger partial charge < -0.3 is 10.4 Å². The lowest BCUT2D eigenvalue weighted by atomic mass is 9.99. The Labute approximate surface area is 141 Å². The van der Waals surface area contributed by atoms with Crippen LogP contribution in [-0.2, 0) is 6.54 Å². The fourth-order valence-electron chi connectivity index (χ4n) is 3.17. The van der Waals surface area contributed by atoms with Gasteiger partial charge in [0.15, 0.2) is 0 Å². The highest BCUT2D eigenvalue weighted by Crippen LogP contribution is 2.29. The molecule has 0 bridgehead atoms. The average Bonchev–Trinajstić information content (AvgIpc) is 3.16. The van der Waals surface area contributed by atoms with Gasteiger partial charge in [0.05, 0.1) is 30.1 Å². The number of carbonyl (C=O) groups excluding carboxylic acids is 1. The maximum absolute atomic E-state index is 12.4. The monoisotopic (exact) mass is 329 g/mol. The molecule has 1 aliphatic rings. The van der Waals surface area contributed by atoms with Crippen LogP contribution in [0.25, 0.3) is 0 Å². The number of aromatic nitrogens is 3. The number of hydrogen-bond acceptors (Lipinski definition) is 4. The van der Waals surface area contributed by atoms with Crippen LogP contribution in [0.1, 0.15) is 37.1 Å². The van der Waals surface area contributed by atoms with Gasteiger partial charge >= 0.3 is 6.03 Å². The van der Waals surface area contributed by atoms with Crippen molar-refractivity contribution in [2.45, 2.75) is 44.7 Å². The number of nitrogens with zero attached hydrogens (tertiary/aromatic N) is 3. The van der Waals surface area contributed by atoms with Crippen LogP contribution in [0.15, 0.2) is 30.5 Å². The van der Waals surface area contributed by atoms with Crippen LogP contribution in [0.3, 0.4) is 0 Å². The molecular weight excluding hydrogens is 306 g/mol. The summed E-state index contributed by atoms with van der Waals surface area (Å²) in [5, 5.41) is 19.8. The predicted molar refractivity (Wildman–Crippen MR) is 90.7 cm³/mol. The zero-order chi connectivity index (χ0) is 17.0. The first-order chi connectivity index (χ1) is 11.6. The predicted octanol–water partition coefficient (Wildman–Crippen LogP) is 2.06. The fraction of sp³-hybridized carbons (Fsp3) is 0.471. The van der Waals surface area contributed by atoms with Crippen LogP contribution in [0.4, 0.5) is 10.6 Å². The van der Waals surface area contributed by atoms with Crippen LogP contribution in [0.2, 0.25) is 0 Å². The van der Waals surface area contributed by atoms with Crippen molar-refractivity contribution in [2.75, 3.05) is 11.9 Å². The Bertz CT molecular complexity index is 692. The van der Waals surface area contributed by atoms with Crippen molar-refractivity contribution >= 4 is 11.8 Å². The molecular formula is C17H23N5O2. The molecule has 3 N–H and O–H groups in total. The van der Waals surface area contributed by atoms with Gasteiger partial charge in [0.2, 0.25) is 0 Å². The Kier molecular flexibility index (Phi) is 4.80. The number of aryl methyl sites for hydroxylation is 1. The van der Waals surface area contributed by atoms with Gasteiger partial charge in [0, 0.05) is 12.3 Å². The highest BCUT2D eigenvalue weighted by Gasteiger charge is 2.34. The summed E-state index contributed by atoms with van der Waals surface area (Å²) in [5.41, 5.74) is 1.19. The maximum atomic E-state index is 12.4. The quantitative estimate of drug-likeness (QED) is 0.783. The van der Waals surface area contributed by atoms with Crippen LogP contribution < -0.4 is 10.6 Å². The molecule has 3 rings (SSSR count). The summed E-state index contributed by atoms with van der Waals surface area (Å²) in [6, 6.07) is 7.21. The Balaban J connectivity index is 1.69. The van der Waals surface area contributed by atoms with E-state index in [-0.39, 0.29) is 12.6 Å². The summed E-state index contributed by atoms with van der Waals surface area (Å²) in [6.07, 6.45) is 5.40. The summed E-state index contributed by atoms with van der Waals surface area (Å²) >= 11 is 0. The van der Waals surface area contributed by atoms with E-state index in [1.165, 1.54) is 0 Å². The lowest BCUT2D eigenvalue weighted by Gasteiger charge is -2.27. The third-order valence-electron chi connectivity index (χ3n) is 4.42. The number of hydrogen-bond donors (Lipinski definition) is 3. The first-order valence-corrected chi connectivity index (χ1v) is 8.25. The molecule has 2 aromatic heterocycles. The minimum atomic E-state index is -0.495. The van der Waals surface area contributed by atoms with E-state index < -0.39 is 5.54 Å². The summed E-state index contributed by atoms with van der Waals surface area (Å²) in [4.78, 5) is 16.6. The van der Waals surface area contributed by atoms with Gasteiger partial charge in [-0.25, -0.2) is 9.48 Å². The number of nitrogens with one attached hydrogen (secondary N) is 2. The number of pyridine rings is 1. The number of anilines is 1. The molecule has 1 fully saturated rings. The fourth-order valence-corrected chi connectivity index (χ4v) is 3.17. The Morgan fingerprint density at radius 2 is 2.17 bits per heavy atom. The molecule has 0 saturated heterocycles. The molecule has 2 aromatic rings. The number of urea groups is 1. The molecule has 7 heteroatoms. The summed E-state index contributed by atoms with van der Waals surface area (Å²) in [5.74, 6) is 0.613. The molecule has 0 atom stereocenters. The van der Waals surface area contributed by atoms with Crippen LogP contribution in [-0.4, -0.2) is 38.0 Å². The standard InChI is InChI=1S/C17H23N5O2/c1-13-10-15(22(21-13)11-14-6-2-5-9-18-14)19-16(24)20-17(12-23)7-3-4-8-17/h2,5-6,9-10,23H,3-4,7-8,11-12H2,1H3,(H2,19,20,24). The van der Waals surface area contributed by atoms with Crippen LogP contribution >= 0.6 is 0 Å². The van der Waals surface area contributed by atoms with E-state index in [1.807, 2.05) is 31.2 Å². The molecule has 0 radical (unpaired) electrons. The van der Waals surface area contributed by atoms with Crippen molar-refractivity contribution in [3.8, 4) is 0 Å². The van der Waals surface area contributed by atoms with Crippen LogP contribution in [0, 0.1) is 6.92 Å². The molecule has 2 heterocycles. The molecule has 2 amide bonds. The number of amides is 2. The van der Waals surface area contributed by atoms with E-state index in [1.54, 1.807) is 10.9 Å². The largest absolute Gasteiger partial charge is 0.394 e. The van der Waals surface area contributed by atoms with Gasteiger partial charge in [-0.05, 0) is 31.9 Å². The molecule has 1 aliphatic carbocycles. The van der Waals surface area contributed by atoms with Crippen molar-refractivity contribution in [2.24, 2.45) is 0 Å². The number of aliphatic hydroxyl groups is 1. The minimum Gasteiger partial charge on any atom is -0.394 e. The topological polar surface area (TPSA) is 92.1 Å². The molecule has 0 spiro atoms. The second-order valence-corrected chi connectivity index (χ2v) is 6.37. The second-order valence-electron chi connectivity index (χ2n) is 6.37. The van der Waals surface area contributed by atoms with E-state index >= 15 is 0 Å². The van der Waals surface area contributed by atoms with Gasteiger partial charge in [-0.15, -0.1) is 0 Å². The average molecular weight is 329 g/mol. The van der Waals surface area contributed by atoms with Gasteiger partial charge in [-0.1, -0.05) is 18.9 Å². The van der Waals surface area contributed by atoms with Crippen molar-refractivity contribution < 1.29 is 9.90 Å². The molecule has 0 aromatic carbocycles. The van der Waals surface area contributed by atoms with Gasteiger partial charge in [-0.2, -0.15) is 5.10 Å². The van der Waals surface area contributed by atoms with Crippen LogP contribution in [0.5, 0.6) is 0 Å². The number of aliphatic hydroxyl groups excluding tert-OH is 1. The third-order valence-corrected chi connectivity index (χ3v) is 4.42. The first kappa shape index (κ1) is 16.4. The number of carbonyl (C=O) groups is 1. The highest BCUT2D eigenvalue weighted by atomic mass is 16.3. The van der Waals surface area contributed by atoms with Gasteiger partial charge in [0.25, 0.3) is 0 Å². The maximum Gasteiger partial charge on any atom is 0.320 e. The third kappa shape index (κ3) is 3.73. The highest BCUT2D eigenvalue weighted by molar-refractivity contribution is 5.89. The van der Waals surface area contributed by atoms with Gasteiger partial charge in [-0.3, -0.25) is 10.3 Å². The lowest BCUT2D eigenvalue weighted by molar-refractivity contribution is 0.167. The lowest BCUT2D eigenvalue weighted by Crippen LogP contribution is -2.50. The summed E-state index contributed by atoms with van der Waals surface area (Å²) in [6.45, 7) is 2.33. The Hall–Kier alpha value is -2.41. The van der Waals surface area contributed by atoms with E-state index in [4.69, 9.17) is 0 Å². The number of rotatable bonds is 5. The van der Waals surface area contributed by atoms with Crippen molar-refractivity contribution in [3.63, 3.8) is 0 Å². The van der Waals surface area contributed by atoms with Crippen molar-refractivity contribution in [3.05, 3.63) is 41.9 Å². The molecule has 0 aliphatic heterocycles. The summed E-state index contributed by atoms with van der Waals surface area (Å²) < 4.78 is 1.72. The second kappa shape index (κ2) is 7.00. The van der Waals surface area contributed by atoms with E-state index in [0.29, 0.717) is 12.4 Å².